The number of carbonyl (C=O) groups excluding carboxylic acids is 1. The summed E-state index contributed by atoms with van der Waals surface area (Å²) >= 11 is 7.24. The number of carbonyl (C=O) groups is 1. The molecule has 0 bridgehead atoms. The van der Waals surface area contributed by atoms with Gasteiger partial charge in [0.2, 0.25) is 5.91 Å². The number of amides is 1. The van der Waals surface area contributed by atoms with Crippen LogP contribution < -0.4 is 5.32 Å². The monoisotopic (exact) mass is 372 g/mol. The summed E-state index contributed by atoms with van der Waals surface area (Å²) in [5.74, 6) is -0.740. The summed E-state index contributed by atoms with van der Waals surface area (Å²) < 4.78 is 13.1. The topological polar surface area (TPSA) is 42.0 Å². The standard InChI is InChI=1S/C19H14ClFN2OS/c20-16-10-13(6-8-17(16)21)7-9-18(24)22-11-15-12-25-19(23-15)14-4-2-1-3-5-14/h1-10,12H,11H2,(H,22,24)/b9-7+. The molecule has 1 heterocycles. The quantitative estimate of drug-likeness (QED) is 0.645. The Kier molecular flexibility index (Phi) is 5.58. The van der Waals surface area contributed by atoms with Gasteiger partial charge in [-0.1, -0.05) is 48.0 Å². The zero-order valence-corrected chi connectivity index (χ0v) is 14.7. The molecular formula is C19H14ClFN2OS. The second-order valence-electron chi connectivity index (χ2n) is 5.23. The fraction of sp³-hybridized carbons (Fsp3) is 0.0526. The average molecular weight is 373 g/mol. The third kappa shape index (κ3) is 4.75. The number of nitrogens with one attached hydrogen (secondary N) is 1. The molecule has 0 spiro atoms. The number of hydrogen-bond acceptors (Lipinski definition) is 3. The highest BCUT2D eigenvalue weighted by atomic mass is 35.5. The van der Waals surface area contributed by atoms with Gasteiger partial charge < -0.3 is 5.32 Å². The van der Waals surface area contributed by atoms with Crippen LogP contribution in [0.3, 0.4) is 0 Å². The molecule has 126 valence electrons. The van der Waals surface area contributed by atoms with Crippen molar-refractivity contribution in [2.75, 3.05) is 0 Å². The lowest BCUT2D eigenvalue weighted by Crippen LogP contribution is -2.20. The minimum atomic E-state index is -0.485. The molecule has 3 nitrogen and oxygen atoms in total. The minimum Gasteiger partial charge on any atom is -0.347 e. The van der Waals surface area contributed by atoms with Crippen LogP contribution in [-0.4, -0.2) is 10.9 Å². The van der Waals surface area contributed by atoms with Gasteiger partial charge in [-0.25, -0.2) is 9.37 Å². The van der Waals surface area contributed by atoms with E-state index in [1.807, 2.05) is 35.7 Å². The molecule has 6 heteroatoms. The lowest BCUT2D eigenvalue weighted by molar-refractivity contribution is -0.116. The van der Waals surface area contributed by atoms with Gasteiger partial charge in [0.25, 0.3) is 0 Å². The number of halogens is 2. The number of aromatic nitrogens is 1. The summed E-state index contributed by atoms with van der Waals surface area (Å²) in [7, 11) is 0. The van der Waals surface area contributed by atoms with Crippen molar-refractivity contribution >= 4 is 34.9 Å². The van der Waals surface area contributed by atoms with Crippen LogP contribution in [0.15, 0.2) is 60.0 Å². The Bertz CT molecular complexity index is 909. The van der Waals surface area contributed by atoms with E-state index in [1.165, 1.54) is 29.5 Å². The predicted octanol–water partition coefficient (Wildman–Crippen LogP) is 4.93. The molecule has 0 aliphatic carbocycles. The number of thiazole rings is 1. The second kappa shape index (κ2) is 8.05. The van der Waals surface area contributed by atoms with Gasteiger partial charge in [-0.05, 0) is 23.8 Å². The predicted molar refractivity (Wildman–Crippen MR) is 99.8 cm³/mol. The van der Waals surface area contributed by atoms with E-state index in [0.29, 0.717) is 12.1 Å². The molecule has 1 amide bonds. The maximum Gasteiger partial charge on any atom is 0.244 e. The van der Waals surface area contributed by atoms with Crippen LogP contribution in [0, 0.1) is 5.82 Å². The van der Waals surface area contributed by atoms with Gasteiger partial charge in [0.05, 0.1) is 17.3 Å². The van der Waals surface area contributed by atoms with Gasteiger partial charge in [0, 0.05) is 17.0 Å². The molecule has 1 aromatic heterocycles. The van der Waals surface area contributed by atoms with E-state index in [2.05, 4.69) is 10.3 Å². The molecule has 0 aliphatic heterocycles. The summed E-state index contributed by atoms with van der Waals surface area (Å²) in [5.41, 5.74) is 2.51. The van der Waals surface area contributed by atoms with Crippen molar-refractivity contribution in [3.63, 3.8) is 0 Å². The van der Waals surface area contributed by atoms with Crippen molar-refractivity contribution in [3.05, 3.63) is 82.1 Å². The van der Waals surface area contributed by atoms with Crippen molar-refractivity contribution in [2.45, 2.75) is 6.54 Å². The highest BCUT2D eigenvalue weighted by molar-refractivity contribution is 7.13. The second-order valence-corrected chi connectivity index (χ2v) is 6.50. The zero-order chi connectivity index (χ0) is 17.6. The number of rotatable bonds is 5. The SMILES string of the molecule is O=C(/C=C/c1ccc(F)c(Cl)c1)NCc1csc(-c2ccccc2)n1. The minimum absolute atomic E-state index is 0.0264. The molecular weight excluding hydrogens is 359 g/mol. The van der Waals surface area contributed by atoms with E-state index in [9.17, 15) is 9.18 Å². The Morgan fingerprint density at radius 3 is 2.80 bits per heavy atom. The first-order valence-electron chi connectivity index (χ1n) is 7.52. The molecule has 0 unspecified atom stereocenters. The first-order chi connectivity index (χ1) is 12.1. The molecule has 0 saturated carbocycles. The van der Waals surface area contributed by atoms with E-state index in [-0.39, 0.29) is 10.9 Å². The van der Waals surface area contributed by atoms with Gasteiger partial charge in [-0.15, -0.1) is 11.3 Å². The first kappa shape index (κ1) is 17.3. The van der Waals surface area contributed by atoms with Crippen molar-refractivity contribution in [1.82, 2.24) is 10.3 Å². The van der Waals surface area contributed by atoms with E-state index in [0.717, 1.165) is 16.3 Å². The fourth-order valence-electron chi connectivity index (χ4n) is 2.13. The smallest absolute Gasteiger partial charge is 0.244 e. The normalized spacial score (nSPS) is 11.0. The van der Waals surface area contributed by atoms with Crippen LogP contribution in [0.2, 0.25) is 5.02 Å². The molecule has 25 heavy (non-hydrogen) atoms. The van der Waals surface area contributed by atoms with Crippen molar-refractivity contribution in [1.29, 1.82) is 0 Å². The maximum absolute atomic E-state index is 13.1. The molecule has 2 aromatic carbocycles. The van der Waals surface area contributed by atoms with Crippen LogP contribution >= 0.6 is 22.9 Å². The maximum atomic E-state index is 13.1. The summed E-state index contributed by atoms with van der Waals surface area (Å²) in [4.78, 5) is 16.4. The van der Waals surface area contributed by atoms with Gasteiger partial charge in [0.1, 0.15) is 10.8 Å². The van der Waals surface area contributed by atoms with Crippen molar-refractivity contribution < 1.29 is 9.18 Å². The van der Waals surface area contributed by atoms with Crippen LogP contribution in [-0.2, 0) is 11.3 Å². The fourth-order valence-corrected chi connectivity index (χ4v) is 3.14. The Hall–Kier alpha value is -2.50. The van der Waals surface area contributed by atoms with Crippen molar-refractivity contribution in [2.24, 2.45) is 0 Å². The largest absolute Gasteiger partial charge is 0.347 e. The average Bonchev–Trinajstić information content (AvgIpc) is 3.11. The van der Waals surface area contributed by atoms with Gasteiger partial charge in [0.15, 0.2) is 0 Å². The first-order valence-corrected chi connectivity index (χ1v) is 8.78. The Labute approximate surface area is 153 Å². The van der Waals surface area contributed by atoms with Crippen molar-refractivity contribution in [3.8, 4) is 10.6 Å². The lowest BCUT2D eigenvalue weighted by atomic mass is 10.2. The van der Waals surface area contributed by atoms with Gasteiger partial charge in [-0.2, -0.15) is 0 Å². The summed E-state index contributed by atoms with van der Waals surface area (Å²) in [5, 5.41) is 5.64. The molecule has 0 aliphatic rings. The molecule has 0 fully saturated rings. The van der Waals surface area contributed by atoms with E-state index < -0.39 is 5.82 Å². The van der Waals surface area contributed by atoms with Crippen LogP contribution in [0.25, 0.3) is 16.6 Å². The van der Waals surface area contributed by atoms with Crippen LogP contribution in [0.1, 0.15) is 11.3 Å². The highest BCUT2D eigenvalue weighted by Gasteiger charge is 2.05. The highest BCUT2D eigenvalue weighted by Crippen LogP contribution is 2.23. The molecule has 0 saturated heterocycles. The summed E-state index contributed by atoms with van der Waals surface area (Å²) in [6.07, 6.45) is 2.96. The molecule has 0 atom stereocenters. The molecule has 3 aromatic rings. The molecule has 0 radical (unpaired) electrons. The van der Waals surface area contributed by atoms with E-state index in [1.54, 1.807) is 12.1 Å². The van der Waals surface area contributed by atoms with Gasteiger partial charge >= 0.3 is 0 Å². The third-order valence-corrected chi connectivity index (χ3v) is 4.62. The Morgan fingerprint density at radius 2 is 2.04 bits per heavy atom. The summed E-state index contributed by atoms with van der Waals surface area (Å²) in [6, 6.07) is 14.2. The lowest BCUT2D eigenvalue weighted by Gasteiger charge is -2.00. The number of benzene rings is 2. The Morgan fingerprint density at radius 1 is 1.24 bits per heavy atom. The molecule has 3 rings (SSSR count). The van der Waals surface area contributed by atoms with Crippen LogP contribution in [0.5, 0.6) is 0 Å². The number of hydrogen-bond donors (Lipinski definition) is 1. The molecule has 1 N–H and O–H groups in total. The van der Waals surface area contributed by atoms with E-state index in [4.69, 9.17) is 11.6 Å². The summed E-state index contributed by atoms with van der Waals surface area (Å²) in [6.45, 7) is 0.344. The van der Waals surface area contributed by atoms with Gasteiger partial charge in [-0.3, -0.25) is 4.79 Å². The Balaban J connectivity index is 1.56. The third-order valence-electron chi connectivity index (χ3n) is 3.39. The number of nitrogens with zero attached hydrogens (tertiary/aromatic N) is 1. The van der Waals surface area contributed by atoms with Crippen LogP contribution in [0.4, 0.5) is 4.39 Å². The zero-order valence-electron chi connectivity index (χ0n) is 13.1. The van der Waals surface area contributed by atoms with E-state index >= 15 is 0 Å².